The summed E-state index contributed by atoms with van der Waals surface area (Å²) in [7, 11) is 1.57. The van der Waals surface area contributed by atoms with Gasteiger partial charge in [-0.1, -0.05) is 26.0 Å². The van der Waals surface area contributed by atoms with E-state index in [1.807, 2.05) is 24.3 Å². The molecular formula is C21H27N5O2. The molecule has 0 saturated carbocycles. The molecule has 1 fully saturated rings. The number of amides is 1. The Balaban J connectivity index is 2.03. The SMILES string of the molecule is COCCNC(=O)[C@@H](C#N)c1nc2ccccc2nc1N1C[C@H](C)C[C@H](C)C1. The van der Waals surface area contributed by atoms with Crippen LogP contribution in [0.4, 0.5) is 5.82 Å². The highest BCUT2D eigenvalue weighted by Gasteiger charge is 2.31. The van der Waals surface area contributed by atoms with Crippen molar-refractivity contribution in [2.75, 3.05) is 38.3 Å². The first-order valence-corrected chi connectivity index (χ1v) is 9.71. The van der Waals surface area contributed by atoms with E-state index in [1.54, 1.807) is 7.11 Å². The Morgan fingerprint density at radius 2 is 1.93 bits per heavy atom. The molecule has 1 aliphatic heterocycles. The Morgan fingerprint density at radius 3 is 2.54 bits per heavy atom. The minimum atomic E-state index is -1.02. The van der Waals surface area contributed by atoms with Crippen LogP contribution in [-0.2, 0) is 9.53 Å². The van der Waals surface area contributed by atoms with Crippen molar-refractivity contribution in [2.45, 2.75) is 26.2 Å². The van der Waals surface area contributed by atoms with Crippen molar-refractivity contribution in [3.05, 3.63) is 30.0 Å². The van der Waals surface area contributed by atoms with Gasteiger partial charge in [0.2, 0.25) is 5.91 Å². The van der Waals surface area contributed by atoms with Crippen LogP contribution in [0.15, 0.2) is 24.3 Å². The Kier molecular flexibility index (Phi) is 6.42. The minimum absolute atomic E-state index is 0.349. The van der Waals surface area contributed by atoms with Gasteiger partial charge in [-0.15, -0.1) is 0 Å². The average molecular weight is 381 g/mol. The molecule has 0 spiro atoms. The molecule has 3 atom stereocenters. The lowest BCUT2D eigenvalue weighted by Crippen LogP contribution is -2.41. The molecule has 1 N–H and O–H groups in total. The van der Waals surface area contributed by atoms with Crippen LogP contribution < -0.4 is 10.2 Å². The van der Waals surface area contributed by atoms with Crippen molar-refractivity contribution < 1.29 is 9.53 Å². The molecule has 0 bridgehead atoms. The van der Waals surface area contributed by atoms with Gasteiger partial charge in [0, 0.05) is 26.7 Å². The van der Waals surface area contributed by atoms with E-state index in [9.17, 15) is 10.1 Å². The normalized spacial score (nSPS) is 20.6. The number of nitrogens with one attached hydrogen (secondary N) is 1. The number of methoxy groups -OCH3 is 1. The van der Waals surface area contributed by atoms with Gasteiger partial charge in [0.15, 0.2) is 11.7 Å². The van der Waals surface area contributed by atoms with Gasteiger partial charge in [-0.05, 0) is 30.4 Å². The molecule has 1 aromatic carbocycles. The van der Waals surface area contributed by atoms with Gasteiger partial charge >= 0.3 is 0 Å². The van der Waals surface area contributed by atoms with E-state index in [0.29, 0.717) is 42.0 Å². The molecule has 0 radical (unpaired) electrons. The van der Waals surface area contributed by atoms with Crippen molar-refractivity contribution in [2.24, 2.45) is 11.8 Å². The maximum atomic E-state index is 12.7. The monoisotopic (exact) mass is 381 g/mol. The molecule has 2 aromatic rings. The Labute approximate surface area is 165 Å². The van der Waals surface area contributed by atoms with Gasteiger partial charge in [0.1, 0.15) is 5.69 Å². The second-order valence-electron chi connectivity index (χ2n) is 7.62. The molecule has 1 saturated heterocycles. The molecular weight excluding hydrogens is 354 g/mol. The third-order valence-electron chi connectivity index (χ3n) is 5.02. The van der Waals surface area contributed by atoms with Gasteiger partial charge in [0.05, 0.1) is 23.7 Å². The van der Waals surface area contributed by atoms with Crippen LogP contribution in [0.3, 0.4) is 0 Å². The van der Waals surface area contributed by atoms with Crippen molar-refractivity contribution in [3.8, 4) is 6.07 Å². The number of benzene rings is 1. The number of nitriles is 1. The highest BCUT2D eigenvalue weighted by Crippen LogP contribution is 2.31. The van der Waals surface area contributed by atoms with Crippen molar-refractivity contribution >= 4 is 22.8 Å². The average Bonchev–Trinajstić information content (AvgIpc) is 2.67. The first-order valence-electron chi connectivity index (χ1n) is 9.71. The van der Waals surface area contributed by atoms with Gasteiger partial charge < -0.3 is 15.0 Å². The fraction of sp³-hybridized carbons (Fsp3) is 0.524. The Bertz CT molecular complexity index is 869. The van der Waals surface area contributed by atoms with Crippen molar-refractivity contribution in [1.29, 1.82) is 5.26 Å². The summed E-state index contributed by atoms with van der Waals surface area (Å²) in [5.74, 6) is 0.285. The lowest BCUT2D eigenvalue weighted by atomic mass is 9.91. The molecule has 1 aliphatic rings. The first kappa shape index (κ1) is 20.0. The van der Waals surface area contributed by atoms with E-state index >= 15 is 0 Å². The predicted molar refractivity (Wildman–Crippen MR) is 108 cm³/mol. The molecule has 2 heterocycles. The summed E-state index contributed by atoms with van der Waals surface area (Å²) in [4.78, 5) is 24.4. The number of piperidine rings is 1. The summed E-state index contributed by atoms with van der Waals surface area (Å²) in [5, 5.41) is 12.5. The summed E-state index contributed by atoms with van der Waals surface area (Å²) >= 11 is 0. The fourth-order valence-corrected chi connectivity index (χ4v) is 3.89. The van der Waals surface area contributed by atoms with E-state index in [-0.39, 0.29) is 5.91 Å². The topological polar surface area (TPSA) is 91.1 Å². The minimum Gasteiger partial charge on any atom is -0.383 e. The van der Waals surface area contributed by atoms with Crippen LogP contribution in [0, 0.1) is 23.2 Å². The second kappa shape index (κ2) is 8.98. The maximum Gasteiger partial charge on any atom is 0.243 e. The zero-order valence-corrected chi connectivity index (χ0v) is 16.7. The van der Waals surface area contributed by atoms with Gasteiger partial charge in [-0.25, -0.2) is 9.97 Å². The number of carbonyl (C=O) groups excluding carboxylic acids is 1. The van der Waals surface area contributed by atoms with E-state index in [2.05, 4.69) is 30.1 Å². The number of carbonyl (C=O) groups is 1. The van der Waals surface area contributed by atoms with Crippen LogP contribution >= 0.6 is 0 Å². The summed E-state index contributed by atoms with van der Waals surface area (Å²) in [6.07, 6.45) is 1.16. The van der Waals surface area contributed by atoms with Crippen LogP contribution in [0.25, 0.3) is 11.0 Å². The number of nitrogens with zero attached hydrogens (tertiary/aromatic N) is 4. The molecule has 0 unspecified atom stereocenters. The fourth-order valence-electron chi connectivity index (χ4n) is 3.89. The number of para-hydroxylation sites is 2. The number of aromatic nitrogens is 2. The Morgan fingerprint density at radius 1 is 1.29 bits per heavy atom. The first-order chi connectivity index (χ1) is 13.5. The predicted octanol–water partition coefficient (Wildman–Crippen LogP) is 2.48. The second-order valence-corrected chi connectivity index (χ2v) is 7.62. The third-order valence-corrected chi connectivity index (χ3v) is 5.02. The third kappa shape index (κ3) is 4.39. The van der Waals surface area contributed by atoms with Crippen molar-refractivity contribution in [1.82, 2.24) is 15.3 Å². The van der Waals surface area contributed by atoms with Gasteiger partial charge in [0.25, 0.3) is 0 Å². The summed E-state index contributed by atoms with van der Waals surface area (Å²) in [6.45, 7) is 6.86. The Hall–Kier alpha value is -2.72. The lowest BCUT2D eigenvalue weighted by Gasteiger charge is -2.36. The molecule has 7 nitrogen and oxygen atoms in total. The molecule has 7 heteroatoms. The molecule has 1 amide bonds. The number of ether oxygens (including phenoxy) is 1. The number of hydrogen-bond acceptors (Lipinski definition) is 6. The van der Waals surface area contributed by atoms with Crippen LogP contribution in [0.2, 0.25) is 0 Å². The molecule has 0 aliphatic carbocycles. The van der Waals surface area contributed by atoms with E-state index in [0.717, 1.165) is 25.0 Å². The van der Waals surface area contributed by atoms with Gasteiger partial charge in [-0.3, -0.25) is 4.79 Å². The maximum absolute atomic E-state index is 12.7. The van der Waals surface area contributed by atoms with Crippen LogP contribution in [-0.4, -0.2) is 49.2 Å². The van der Waals surface area contributed by atoms with E-state index in [4.69, 9.17) is 14.7 Å². The summed E-state index contributed by atoms with van der Waals surface area (Å²) in [5.41, 5.74) is 1.88. The smallest absolute Gasteiger partial charge is 0.243 e. The number of rotatable bonds is 6. The highest BCUT2D eigenvalue weighted by atomic mass is 16.5. The summed E-state index contributed by atoms with van der Waals surface area (Å²) in [6, 6.07) is 9.69. The van der Waals surface area contributed by atoms with Crippen LogP contribution in [0.5, 0.6) is 0 Å². The quantitative estimate of drug-likeness (QED) is 0.773. The number of anilines is 1. The highest BCUT2D eigenvalue weighted by molar-refractivity contribution is 5.88. The lowest BCUT2D eigenvalue weighted by molar-refractivity contribution is -0.121. The van der Waals surface area contributed by atoms with E-state index in [1.165, 1.54) is 0 Å². The van der Waals surface area contributed by atoms with Gasteiger partial charge in [-0.2, -0.15) is 5.26 Å². The standard InChI is InChI=1S/C21H27N5O2/c1-14-10-15(2)13-26(12-14)20-19(16(11-22)21(27)23-8-9-28-3)24-17-6-4-5-7-18(17)25-20/h4-7,14-16H,8-10,12-13H2,1-3H3,(H,23,27)/t14-,15+,16-/m0/s1. The molecule has 1 aromatic heterocycles. The number of fused-ring (bicyclic) bond motifs is 1. The zero-order valence-electron chi connectivity index (χ0n) is 16.7. The summed E-state index contributed by atoms with van der Waals surface area (Å²) < 4.78 is 4.98. The molecule has 148 valence electrons. The molecule has 28 heavy (non-hydrogen) atoms. The van der Waals surface area contributed by atoms with Crippen molar-refractivity contribution in [3.63, 3.8) is 0 Å². The van der Waals surface area contributed by atoms with E-state index < -0.39 is 5.92 Å². The number of hydrogen-bond donors (Lipinski definition) is 1. The zero-order chi connectivity index (χ0) is 20.1. The van der Waals surface area contributed by atoms with Crippen LogP contribution in [0.1, 0.15) is 31.9 Å². The largest absolute Gasteiger partial charge is 0.383 e. The molecule has 3 rings (SSSR count).